The number of benzene rings is 2. The summed E-state index contributed by atoms with van der Waals surface area (Å²) in [5, 5.41) is 0. The number of fused-ring (bicyclic) bond motifs is 1. The maximum atomic E-state index is 13.0. The molecule has 0 aromatic heterocycles. The fourth-order valence-electron chi connectivity index (χ4n) is 4.26. The van der Waals surface area contributed by atoms with Gasteiger partial charge in [-0.1, -0.05) is 12.1 Å². The van der Waals surface area contributed by atoms with E-state index < -0.39 is 10.0 Å². The first-order valence-electron chi connectivity index (χ1n) is 10.0. The van der Waals surface area contributed by atoms with Crippen LogP contribution in [0.25, 0.3) is 0 Å². The molecule has 0 unspecified atom stereocenters. The summed E-state index contributed by atoms with van der Waals surface area (Å²) in [6.45, 7) is 11.4. The number of hydrogen-bond donors (Lipinski definition) is 1. The van der Waals surface area contributed by atoms with Gasteiger partial charge >= 0.3 is 0 Å². The van der Waals surface area contributed by atoms with Crippen molar-refractivity contribution in [2.24, 2.45) is 0 Å². The first kappa shape index (κ1) is 20.9. The second kappa shape index (κ2) is 7.88. The van der Waals surface area contributed by atoms with Crippen LogP contribution in [0.5, 0.6) is 0 Å². The van der Waals surface area contributed by atoms with Crippen molar-refractivity contribution in [1.82, 2.24) is 4.72 Å². The van der Waals surface area contributed by atoms with Crippen molar-refractivity contribution in [3.63, 3.8) is 0 Å². The van der Waals surface area contributed by atoms with E-state index in [0.717, 1.165) is 35.2 Å². The van der Waals surface area contributed by atoms with Crippen LogP contribution in [0, 0.1) is 34.6 Å². The number of hydrogen-bond acceptors (Lipinski definition) is 3. The van der Waals surface area contributed by atoms with E-state index in [1.54, 1.807) is 0 Å². The summed E-state index contributed by atoms with van der Waals surface area (Å²) in [5.41, 5.74) is 8.84. The molecule has 0 spiro atoms. The van der Waals surface area contributed by atoms with Gasteiger partial charge in [0, 0.05) is 25.8 Å². The lowest BCUT2D eigenvalue weighted by Gasteiger charge is -2.27. The highest BCUT2D eigenvalue weighted by Gasteiger charge is 2.23. The maximum absolute atomic E-state index is 13.0. The van der Waals surface area contributed by atoms with Gasteiger partial charge in [-0.3, -0.25) is 0 Å². The van der Waals surface area contributed by atoms with Gasteiger partial charge in [0.2, 0.25) is 10.0 Å². The molecule has 28 heavy (non-hydrogen) atoms. The zero-order chi connectivity index (χ0) is 20.6. The average Bonchev–Trinajstić information content (AvgIpc) is 2.65. The van der Waals surface area contributed by atoms with Crippen molar-refractivity contribution in [2.75, 3.05) is 25.0 Å². The summed E-state index contributed by atoms with van der Waals surface area (Å²) < 4.78 is 28.9. The van der Waals surface area contributed by atoms with E-state index in [2.05, 4.69) is 41.8 Å². The normalized spacial score (nSPS) is 14.3. The Morgan fingerprint density at radius 3 is 2.21 bits per heavy atom. The highest BCUT2D eigenvalue weighted by molar-refractivity contribution is 7.89. The lowest BCUT2D eigenvalue weighted by atomic mass is 9.95. The highest BCUT2D eigenvalue weighted by Crippen LogP contribution is 2.30. The zero-order valence-corrected chi connectivity index (χ0v) is 18.8. The SMILES string of the molecule is Cc1c(C)c(C)c(S(=O)(=O)NCCc2ccc3c(c2)CCCN3C)c(C)c1C. The maximum Gasteiger partial charge on any atom is 0.241 e. The number of nitrogens with zero attached hydrogens (tertiary/aromatic N) is 1. The van der Waals surface area contributed by atoms with E-state index in [4.69, 9.17) is 0 Å². The second-order valence-corrected chi connectivity index (χ2v) is 9.79. The van der Waals surface area contributed by atoms with Crippen LogP contribution in [0.2, 0.25) is 0 Å². The minimum Gasteiger partial charge on any atom is -0.374 e. The van der Waals surface area contributed by atoms with Gasteiger partial charge in [0.05, 0.1) is 4.90 Å². The summed E-state index contributed by atoms with van der Waals surface area (Å²) in [6, 6.07) is 6.51. The summed E-state index contributed by atoms with van der Waals surface area (Å²) in [7, 11) is -1.41. The molecule has 0 bridgehead atoms. The smallest absolute Gasteiger partial charge is 0.241 e. The van der Waals surface area contributed by atoms with Crippen molar-refractivity contribution in [3.05, 3.63) is 57.1 Å². The van der Waals surface area contributed by atoms with Crippen molar-refractivity contribution >= 4 is 15.7 Å². The fraction of sp³-hybridized carbons (Fsp3) is 0.478. The van der Waals surface area contributed by atoms with Crippen LogP contribution in [0.3, 0.4) is 0 Å². The molecule has 152 valence electrons. The van der Waals surface area contributed by atoms with Crippen LogP contribution in [0.4, 0.5) is 5.69 Å². The Morgan fingerprint density at radius 1 is 0.964 bits per heavy atom. The van der Waals surface area contributed by atoms with Gasteiger partial charge in [-0.25, -0.2) is 13.1 Å². The molecule has 1 N–H and O–H groups in total. The molecule has 2 aromatic rings. The van der Waals surface area contributed by atoms with E-state index in [1.807, 2.05) is 27.7 Å². The molecule has 0 aliphatic carbocycles. The largest absolute Gasteiger partial charge is 0.374 e. The molecule has 1 heterocycles. The molecule has 3 rings (SSSR count). The number of rotatable bonds is 5. The van der Waals surface area contributed by atoms with Crippen molar-refractivity contribution in [3.8, 4) is 0 Å². The molecule has 0 saturated carbocycles. The quantitative estimate of drug-likeness (QED) is 0.821. The van der Waals surface area contributed by atoms with Gasteiger partial charge in [-0.05, 0) is 98.9 Å². The molecule has 4 nitrogen and oxygen atoms in total. The molecule has 0 saturated heterocycles. The molecule has 0 atom stereocenters. The second-order valence-electron chi connectivity index (χ2n) is 8.09. The summed E-state index contributed by atoms with van der Waals surface area (Å²) >= 11 is 0. The molecular weight excluding hydrogens is 368 g/mol. The predicted octanol–water partition coefficient (Wildman–Crippen LogP) is 4.13. The van der Waals surface area contributed by atoms with Crippen LogP contribution in [-0.2, 0) is 22.9 Å². The van der Waals surface area contributed by atoms with Crippen LogP contribution in [-0.4, -0.2) is 28.6 Å². The topological polar surface area (TPSA) is 49.4 Å². The third-order valence-electron chi connectivity index (χ3n) is 6.40. The number of anilines is 1. The molecule has 2 aromatic carbocycles. The van der Waals surface area contributed by atoms with Gasteiger partial charge in [-0.15, -0.1) is 0 Å². The Hall–Kier alpha value is -1.85. The molecule has 0 fully saturated rings. The summed E-state index contributed by atoms with van der Waals surface area (Å²) in [4.78, 5) is 2.74. The minimum atomic E-state index is -3.54. The minimum absolute atomic E-state index is 0.405. The van der Waals surface area contributed by atoms with Gasteiger partial charge in [0.1, 0.15) is 0 Å². The Bertz CT molecular complexity index is 981. The van der Waals surface area contributed by atoms with E-state index in [0.29, 0.717) is 17.9 Å². The monoisotopic (exact) mass is 400 g/mol. The molecule has 0 amide bonds. The summed E-state index contributed by atoms with van der Waals surface area (Å²) in [6.07, 6.45) is 2.96. The van der Waals surface area contributed by atoms with Crippen LogP contribution >= 0.6 is 0 Å². The predicted molar refractivity (Wildman–Crippen MR) is 117 cm³/mol. The van der Waals surface area contributed by atoms with Gasteiger partial charge in [-0.2, -0.15) is 0 Å². The Morgan fingerprint density at radius 2 is 1.57 bits per heavy atom. The molecular formula is C23H32N2O2S. The van der Waals surface area contributed by atoms with Crippen molar-refractivity contribution < 1.29 is 8.42 Å². The molecule has 0 radical (unpaired) electrons. The standard InChI is InChI=1S/C23H32N2O2S/c1-15-16(2)18(4)23(19(5)17(15)3)28(26,27)24-12-11-20-9-10-22-21(14-20)8-7-13-25(22)6/h9-10,14,24H,7-8,11-13H2,1-6H3. The third kappa shape index (κ3) is 3.83. The fourth-order valence-corrected chi connectivity index (χ4v) is 5.89. The third-order valence-corrected chi connectivity index (χ3v) is 8.13. The number of nitrogens with one attached hydrogen (secondary N) is 1. The Labute approximate surface area is 170 Å². The van der Waals surface area contributed by atoms with Crippen LogP contribution in [0.15, 0.2) is 23.1 Å². The Kier molecular flexibility index (Phi) is 5.87. The molecule has 1 aliphatic heterocycles. The van der Waals surface area contributed by atoms with Gasteiger partial charge < -0.3 is 4.90 Å². The number of aryl methyl sites for hydroxylation is 1. The van der Waals surface area contributed by atoms with Crippen LogP contribution < -0.4 is 9.62 Å². The van der Waals surface area contributed by atoms with E-state index in [1.165, 1.54) is 28.8 Å². The highest BCUT2D eigenvalue weighted by atomic mass is 32.2. The lowest BCUT2D eigenvalue weighted by molar-refractivity contribution is 0.580. The van der Waals surface area contributed by atoms with E-state index >= 15 is 0 Å². The molecule has 1 aliphatic rings. The lowest BCUT2D eigenvalue weighted by Crippen LogP contribution is -2.28. The molecule has 5 heteroatoms. The first-order chi connectivity index (χ1) is 13.1. The first-order valence-corrected chi connectivity index (χ1v) is 11.5. The van der Waals surface area contributed by atoms with Crippen molar-refractivity contribution in [2.45, 2.75) is 58.8 Å². The Balaban J connectivity index is 1.77. The summed E-state index contributed by atoms with van der Waals surface area (Å²) in [5.74, 6) is 0. The van der Waals surface area contributed by atoms with Crippen LogP contribution in [0.1, 0.15) is 45.4 Å². The number of sulfonamides is 1. The zero-order valence-electron chi connectivity index (χ0n) is 17.9. The van der Waals surface area contributed by atoms with Gasteiger partial charge in [0.15, 0.2) is 0 Å². The average molecular weight is 401 g/mol. The van der Waals surface area contributed by atoms with E-state index in [9.17, 15) is 8.42 Å². The van der Waals surface area contributed by atoms with Gasteiger partial charge in [0.25, 0.3) is 0 Å². The van der Waals surface area contributed by atoms with E-state index in [-0.39, 0.29) is 0 Å². The van der Waals surface area contributed by atoms with Crippen molar-refractivity contribution in [1.29, 1.82) is 0 Å².